The second-order valence-corrected chi connectivity index (χ2v) is 8.44. The Bertz CT molecular complexity index is 1340. The quantitative estimate of drug-likeness (QED) is 0.481. The number of ether oxygens (including phenoxy) is 4. The van der Waals surface area contributed by atoms with Gasteiger partial charge in [-0.2, -0.15) is 0 Å². The fourth-order valence-corrected chi connectivity index (χ4v) is 5.08. The lowest BCUT2D eigenvalue weighted by Gasteiger charge is -2.12. The third-order valence-electron chi connectivity index (χ3n) is 6.77. The zero-order valence-electron chi connectivity index (χ0n) is 20.0. The van der Waals surface area contributed by atoms with Gasteiger partial charge in [-0.15, -0.1) is 0 Å². The Labute approximate surface area is 206 Å². The summed E-state index contributed by atoms with van der Waals surface area (Å²) in [5.41, 5.74) is 1.83. The Kier molecular flexibility index (Phi) is 5.59. The molecule has 8 heteroatoms. The van der Waals surface area contributed by atoms with Crippen LogP contribution in [0.5, 0.6) is 23.0 Å². The van der Waals surface area contributed by atoms with Gasteiger partial charge in [0.25, 0.3) is 0 Å². The summed E-state index contributed by atoms with van der Waals surface area (Å²) in [6, 6.07) is 12.7. The van der Waals surface area contributed by atoms with Crippen LogP contribution >= 0.6 is 0 Å². The minimum Gasteiger partial charge on any atom is -0.493 e. The van der Waals surface area contributed by atoms with Crippen LogP contribution in [0.15, 0.2) is 48.5 Å². The van der Waals surface area contributed by atoms with Gasteiger partial charge < -0.3 is 18.9 Å². The van der Waals surface area contributed by atoms with Gasteiger partial charge in [-0.1, -0.05) is 24.3 Å². The second kappa shape index (κ2) is 8.64. The van der Waals surface area contributed by atoms with Crippen molar-refractivity contribution in [2.24, 2.45) is 0 Å². The molecule has 2 atom stereocenters. The molecule has 0 fully saturated rings. The molecule has 0 heterocycles. The van der Waals surface area contributed by atoms with Crippen molar-refractivity contribution in [1.82, 2.24) is 0 Å². The Balaban J connectivity index is 1.49. The van der Waals surface area contributed by atoms with E-state index in [1.807, 2.05) is 0 Å². The smallest absolute Gasteiger partial charge is 0.182 e. The molecular weight excluding hydrogens is 464 g/mol. The molecule has 0 aliphatic heterocycles. The van der Waals surface area contributed by atoms with E-state index in [9.17, 15) is 19.2 Å². The molecule has 0 N–H and O–H groups in total. The lowest BCUT2D eigenvalue weighted by atomic mass is 9.89. The predicted octanol–water partition coefficient (Wildman–Crippen LogP) is 4.05. The van der Waals surface area contributed by atoms with Crippen LogP contribution in [0.3, 0.4) is 0 Å². The van der Waals surface area contributed by atoms with Gasteiger partial charge in [0.05, 0.1) is 39.6 Å². The molecule has 0 aromatic heterocycles. The fraction of sp³-hybridized carbons (Fsp3) is 0.214. The van der Waals surface area contributed by atoms with Crippen molar-refractivity contribution in [3.63, 3.8) is 0 Å². The Morgan fingerprint density at radius 2 is 0.833 bits per heavy atom. The van der Waals surface area contributed by atoms with Crippen LogP contribution in [-0.4, -0.2) is 51.6 Å². The normalized spacial score (nSPS) is 18.2. The van der Waals surface area contributed by atoms with E-state index in [4.69, 9.17) is 18.9 Å². The minimum absolute atomic E-state index is 0.188. The van der Waals surface area contributed by atoms with E-state index in [2.05, 4.69) is 0 Å². The van der Waals surface area contributed by atoms with Gasteiger partial charge in [-0.05, 0) is 35.4 Å². The van der Waals surface area contributed by atoms with Gasteiger partial charge in [-0.25, -0.2) is 0 Å². The number of fused-ring (bicyclic) bond motifs is 2. The van der Waals surface area contributed by atoms with Crippen LogP contribution in [0.1, 0.15) is 64.4 Å². The highest BCUT2D eigenvalue weighted by Crippen LogP contribution is 2.45. The van der Waals surface area contributed by atoms with Crippen molar-refractivity contribution in [2.45, 2.75) is 11.8 Å². The largest absolute Gasteiger partial charge is 0.493 e. The van der Waals surface area contributed by atoms with Crippen LogP contribution in [-0.2, 0) is 0 Å². The molecule has 0 amide bonds. The average Bonchev–Trinajstić information content (AvgIpc) is 3.31. The first kappa shape index (κ1) is 23.3. The van der Waals surface area contributed by atoms with Crippen molar-refractivity contribution in [3.05, 3.63) is 81.9 Å². The van der Waals surface area contributed by atoms with E-state index < -0.39 is 23.4 Å². The van der Waals surface area contributed by atoms with E-state index >= 15 is 0 Å². The number of hydrogen-bond acceptors (Lipinski definition) is 8. The SMILES string of the molecule is COc1ccc2c(c1OC)C(=O)C(c1ccc(C3C(=O)c4ccc(OC)c(OC)c4C3=O)cc1)C2=O. The maximum Gasteiger partial charge on any atom is 0.182 e. The summed E-state index contributed by atoms with van der Waals surface area (Å²) in [7, 11) is 5.74. The lowest BCUT2D eigenvalue weighted by Crippen LogP contribution is -2.15. The third kappa shape index (κ3) is 3.14. The summed E-state index contributed by atoms with van der Waals surface area (Å²) in [5.74, 6) is -2.42. The first-order chi connectivity index (χ1) is 17.4. The summed E-state index contributed by atoms with van der Waals surface area (Å²) in [5, 5.41) is 0. The van der Waals surface area contributed by atoms with E-state index in [1.54, 1.807) is 48.5 Å². The van der Waals surface area contributed by atoms with Gasteiger partial charge in [-0.3, -0.25) is 19.2 Å². The molecule has 2 aliphatic carbocycles. The first-order valence-corrected chi connectivity index (χ1v) is 11.1. The highest BCUT2D eigenvalue weighted by Gasteiger charge is 2.44. The number of Topliss-reactive ketones (excluding diaryl/α,β-unsaturated/α-hetero) is 4. The van der Waals surface area contributed by atoms with Crippen LogP contribution in [0, 0.1) is 0 Å². The van der Waals surface area contributed by atoms with Gasteiger partial charge >= 0.3 is 0 Å². The second-order valence-electron chi connectivity index (χ2n) is 8.44. The number of carbonyl (C=O) groups is 4. The summed E-state index contributed by atoms with van der Waals surface area (Å²) >= 11 is 0. The van der Waals surface area contributed by atoms with Gasteiger partial charge in [0.15, 0.2) is 46.1 Å². The molecule has 8 nitrogen and oxygen atoms in total. The summed E-state index contributed by atoms with van der Waals surface area (Å²) in [6.07, 6.45) is 0. The zero-order chi connectivity index (χ0) is 25.7. The monoisotopic (exact) mass is 486 g/mol. The van der Waals surface area contributed by atoms with Crippen LogP contribution < -0.4 is 18.9 Å². The molecule has 3 aromatic rings. The van der Waals surface area contributed by atoms with Crippen molar-refractivity contribution in [3.8, 4) is 23.0 Å². The van der Waals surface area contributed by atoms with Crippen LogP contribution in [0.2, 0.25) is 0 Å². The number of ketones is 4. The maximum atomic E-state index is 13.3. The number of hydrogen-bond donors (Lipinski definition) is 0. The minimum atomic E-state index is -1.05. The lowest BCUT2D eigenvalue weighted by molar-refractivity contribution is 0.0871. The molecule has 0 saturated heterocycles. The predicted molar refractivity (Wildman–Crippen MR) is 128 cm³/mol. The molecule has 5 rings (SSSR count). The Morgan fingerprint density at radius 1 is 0.472 bits per heavy atom. The number of carbonyl (C=O) groups excluding carboxylic acids is 4. The molecule has 2 aliphatic rings. The van der Waals surface area contributed by atoms with Crippen molar-refractivity contribution >= 4 is 23.1 Å². The average molecular weight is 486 g/mol. The Morgan fingerprint density at radius 3 is 1.14 bits per heavy atom. The standard InChI is InChI=1S/C28H22O8/c1-33-17-11-9-15-21(27(17)35-3)25(31)19(23(15)29)13-5-7-14(8-6-13)20-24(30)16-10-12-18(34-2)28(36-4)22(16)26(20)32/h5-12,19-20H,1-4H3. The van der Waals surface area contributed by atoms with Crippen molar-refractivity contribution in [2.75, 3.05) is 28.4 Å². The molecule has 2 unspecified atom stereocenters. The number of benzene rings is 3. The highest BCUT2D eigenvalue weighted by atomic mass is 16.5. The molecule has 36 heavy (non-hydrogen) atoms. The summed E-state index contributed by atoms with van der Waals surface area (Å²) in [4.78, 5) is 52.9. The van der Waals surface area contributed by atoms with Gasteiger partial charge in [0, 0.05) is 11.1 Å². The topological polar surface area (TPSA) is 105 Å². The van der Waals surface area contributed by atoms with E-state index in [-0.39, 0.29) is 45.3 Å². The number of methoxy groups -OCH3 is 4. The van der Waals surface area contributed by atoms with Gasteiger partial charge in [0.2, 0.25) is 0 Å². The molecule has 0 bridgehead atoms. The highest BCUT2D eigenvalue weighted by molar-refractivity contribution is 6.32. The van der Waals surface area contributed by atoms with E-state index in [0.717, 1.165) is 0 Å². The Hall–Kier alpha value is -4.46. The van der Waals surface area contributed by atoms with E-state index in [0.29, 0.717) is 22.6 Å². The van der Waals surface area contributed by atoms with E-state index in [1.165, 1.54) is 28.4 Å². The van der Waals surface area contributed by atoms with Gasteiger partial charge in [0.1, 0.15) is 11.8 Å². The third-order valence-corrected chi connectivity index (χ3v) is 6.77. The van der Waals surface area contributed by atoms with Crippen LogP contribution in [0.25, 0.3) is 0 Å². The summed E-state index contributed by atoms with van der Waals surface area (Å²) in [6.45, 7) is 0. The number of rotatable bonds is 6. The zero-order valence-corrected chi connectivity index (χ0v) is 20.0. The maximum absolute atomic E-state index is 13.3. The van der Waals surface area contributed by atoms with Crippen molar-refractivity contribution in [1.29, 1.82) is 0 Å². The molecular formula is C28H22O8. The fourth-order valence-electron chi connectivity index (χ4n) is 5.08. The molecule has 3 aromatic carbocycles. The summed E-state index contributed by atoms with van der Waals surface area (Å²) < 4.78 is 21.3. The molecule has 0 saturated carbocycles. The molecule has 0 spiro atoms. The first-order valence-electron chi connectivity index (χ1n) is 11.1. The molecule has 182 valence electrons. The van der Waals surface area contributed by atoms with Crippen molar-refractivity contribution < 1.29 is 38.1 Å². The molecule has 0 radical (unpaired) electrons. The van der Waals surface area contributed by atoms with Crippen LogP contribution in [0.4, 0.5) is 0 Å².